The van der Waals surface area contributed by atoms with E-state index in [-0.39, 0.29) is 11.7 Å². The van der Waals surface area contributed by atoms with Gasteiger partial charge in [0.05, 0.1) is 16.6 Å². The van der Waals surface area contributed by atoms with Crippen molar-refractivity contribution in [1.82, 2.24) is 16.2 Å². The molecule has 0 heterocycles. The van der Waals surface area contributed by atoms with Crippen LogP contribution in [0.4, 0.5) is 0 Å². The molecule has 3 N–H and O–H groups in total. The van der Waals surface area contributed by atoms with Gasteiger partial charge >= 0.3 is 0 Å². The number of hydrogen-bond donors (Lipinski definition) is 3. The second-order valence-electron chi connectivity index (χ2n) is 8.02. The van der Waals surface area contributed by atoms with E-state index in [1.165, 1.54) is 0 Å². The molecule has 2 amide bonds. The number of hydrogen-bond acceptors (Lipinski definition) is 5. The number of fused-ring (bicyclic) bond motifs is 1. The number of amides is 2. The second kappa shape index (κ2) is 12.9. The van der Waals surface area contributed by atoms with Crippen LogP contribution in [0.3, 0.4) is 0 Å². The Bertz CT molecular complexity index is 1240. The summed E-state index contributed by atoms with van der Waals surface area (Å²) >= 11 is 12.0. The lowest BCUT2D eigenvalue weighted by molar-refractivity contribution is -0.123. The second-order valence-corrected chi connectivity index (χ2v) is 10.1. The highest BCUT2D eigenvalue weighted by Crippen LogP contribution is 2.33. The van der Waals surface area contributed by atoms with Crippen LogP contribution in [0.1, 0.15) is 30.6 Å². The van der Waals surface area contributed by atoms with E-state index in [9.17, 15) is 9.59 Å². The summed E-state index contributed by atoms with van der Waals surface area (Å²) in [6, 6.07) is 16.7. The van der Waals surface area contributed by atoms with E-state index in [1.807, 2.05) is 30.3 Å². The van der Waals surface area contributed by atoms with Crippen molar-refractivity contribution < 1.29 is 19.1 Å². The van der Waals surface area contributed by atoms with E-state index in [1.54, 1.807) is 24.3 Å². The maximum Gasteiger partial charge on any atom is 0.276 e. The molecule has 3 aromatic rings. The third-order valence-corrected chi connectivity index (χ3v) is 6.38. The first-order valence-electron chi connectivity index (χ1n) is 10.9. The summed E-state index contributed by atoms with van der Waals surface area (Å²) in [7, 11) is 0. The molecular weight excluding hydrogens is 598 g/mol. The summed E-state index contributed by atoms with van der Waals surface area (Å²) in [4.78, 5) is 25.0. The molecule has 0 saturated heterocycles. The molecule has 0 saturated carbocycles. The van der Waals surface area contributed by atoms with E-state index in [0.29, 0.717) is 29.6 Å². The van der Waals surface area contributed by atoms with Gasteiger partial charge in [-0.1, -0.05) is 60.1 Å². The fourth-order valence-electron chi connectivity index (χ4n) is 3.04. The summed E-state index contributed by atoms with van der Waals surface area (Å²) in [6.45, 7) is 4.44. The molecule has 0 bridgehead atoms. The zero-order valence-electron chi connectivity index (χ0n) is 19.2. The van der Waals surface area contributed by atoms with Gasteiger partial charge in [-0.2, -0.15) is 0 Å². The van der Waals surface area contributed by atoms with Gasteiger partial charge in [-0.15, -0.1) is 0 Å². The van der Waals surface area contributed by atoms with Crippen LogP contribution >= 0.6 is 44.1 Å². The fourth-order valence-corrected chi connectivity index (χ4v) is 4.16. The molecule has 35 heavy (non-hydrogen) atoms. The van der Waals surface area contributed by atoms with Gasteiger partial charge < -0.3 is 9.47 Å². The predicted octanol–water partition coefficient (Wildman–Crippen LogP) is 5.50. The number of halogens is 2. The van der Waals surface area contributed by atoms with Gasteiger partial charge in [0.25, 0.3) is 11.8 Å². The van der Waals surface area contributed by atoms with Crippen molar-refractivity contribution in [2.45, 2.75) is 20.3 Å². The van der Waals surface area contributed by atoms with Crippen LogP contribution < -0.4 is 25.6 Å². The van der Waals surface area contributed by atoms with Gasteiger partial charge in [0.1, 0.15) is 11.5 Å². The summed E-state index contributed by atoms with van der Waals surface area (Å²) in [5.41, 5.74) is 5.25. The summed E-state index contributed by atoms with van der Waals surface area (Å²) in [5.74, 6) is 0.534. The molecule has 0 spiro atoms. The molecule has 3 aromatic carbocycles. The molecule has 0 aliphatic rings. The number of hydrazine groups is 1. The highest BCUT2D eigenvalue weighted by molar-refractivity contribution is 9.11. The van der Waals surface area contributed by atoms with E-state index in [4.69, 9.17) is 21.7 Å². The molecule has 0 radical (unpaired) electrons. The van der Waals surface area contributed by atoms with Crippen LogP contribution in [-0.2, 0) is 4.79 Å². The van der Waals surface area contributed by atoms with E-state index < -0.39 is 11.8 Å². The molecule has 0 aromatic heterocycles. The number of thiocarbonyl (C=S) groups is 1. The third-order valence-electron chi connectivity index (χ3n) is 4.87. The van der Waals surface area contributed by atoms with E-state index in [0.717, 1.165) is 26.1 Å². The predicted molar refractivity (Wildman–Crippen MR) is 148 cm³/mol. The normalized spacial score (nSPS) is 10.7. The van der Waals surface area contributed by atoms with Crippen LogP contribution in [0, 0.1) is 5.92 Å². The molecule has 0 aliphatic heterocycles. The molecule has 10 heteroatoms. The lowest BCUT2D eigenvalue weighted by atomic mass is 10.1. The fraction of sp³-hybridized carbons (Fsp3) is 0.240. The van der Waals surface area contributed by atoms with Crippen molar-refractivity contribution in [2.75, 3.05) is 13.2 Å². The average molecular weight is 623 g/mol. The van der Waals surface area contributed by atoms with Crippen molar-refractivity contribution in [1.29, 1.82) is 0 Å². The summed E-state index contributed by atoms with van der Waals surface area (Å²) < 4.78 is 12.9. The minimum atomic E-state index is -0.471. The smallest absolute Gasteiger partial charge is 0.276 e. The van der Waals surface area contributed by atoms with Gasteiger partial charge in [-0.05, 0) is 75.5 Å². The first-order valence-corrected chi connectivity index (χ1v) is 12.9. The quantitative estimate of drug-likeness (QED) is 0.227. The third kappa shape index (κ3) is 7.91. The van der Waals surface area contributed by atoms with E-state index in [2.05, 4.69) is 61.9 Å². The van der Waals surface area contributed by atoms with E-state index >= 15 is 0 Å². The Morgan fingerprint density at radius 1 is 0.971 bits per heavy atom. The number of rotatable bonds is 8. The number of ether oxygens (including phenoxy) is 2. The molecule has 184 valence electrons. The van der Waals surface area contributed by atoms with Gasteiger partial charge in [0.2, 0.25) is 0 Å². The van der Waals surface area contributed by atoms with Crippen molar-refractivity contribution in [2.24, 2.45) is 5.92 Å². The standard InChI is InChI=1S/C25H25Br2N3O4S/c1-15(2)11-12-33-20-10-8-17(26)13-19(20)24(32)28-25(35)30-29-22(31)14-34-21-9-7-16-5-3-4-6-18(16)23(21)27/h3-10,13,15H,11-12,14H2,1-2H3,(H,29,31)(H2,28,30,32,35). The Kier molecular flexibility index (Phi) is 9.88. The van der Waals surface area contributed by atoms with Crippen molar-refractivity contribution >= 4 is 71.8 Å². The van der Waals surface area contributed by atoms with Crippen molar-refractivity contribution in [3.05, 3.63) is 69.1 Å². The maximum atomic E-state index is 12.7. The van der Waals surface area contributed by atoms with Gasteiger partial charge in [0.15, 0.2) is 11.7 Å². The SMILES string of the molecule is CC(C)CCOc1ccc(Br)cc1C(=O)NC(=S)NNC(=O)COc1ccc2ccccc2c1Br. The summed E-state index contributed by atoms with van der Waals surface area (Å²) in [5, 5.41) is 4.51. The number of nitrogens with one attached hydrogen (secondary N) is 3. The van der Waals surface area contributed by atoms with Crippen LogP contribution in [0.5, 0.6) is 11.5 Å². The first kappa shape index (κ1) is 26.9. The van der Waals surface area contributed by atoms with Crippen LogP contribution in [-0.4, -0.2) is 30.1 Å². The van der Waals surface area contributed by atoms with Crippen LogP contribution in [0.25, 0.3) is 10.8 Å². The number of carbonyl (C=O) groups is 2. The van der Waals surface area contributed by atoms with Crippen LogP contribution in [0.15, 0.2) is 63.5 Å². The Morgan fingerprint density at radius 3 is 2.49 bits per heavy atom. The van der Waals surface area contributed by atoms with Crippen molar-refractivity contribution in [3.8, 4) is 11.5 Å². The topological polar surface area (TPSA) is 88.7 Å². The number of benzene rings is 3. The monoisotopic (exact) mass is 621 g/mol. The maximum absolute atomic E-state index is 12.7. The lowest BCUT2D eigenvalue weighted by Crippen LogP contribution is -2.49. The molecule has 3 rings (SSSR count). The zero-order chi connectivity index (χ0) is 25.4. The molecule has 0 aliphatic carbocycles. The lowest BCUT2D eigenvalue weighted by Gasteiger charge is -2.15. The molecule has 0 unspecified atom stereocenters. The average Bonchev–Trinajstić information content (AvgIpc) is 2.83. The van der Waals surface area contributed by atoms with Gasteiger partial charge in [-0.25, -0.2) is 0 Å². The Balaban J connectivity index is 1.50. The minimum absolute atomic E-state index is 0.0664. The van der Waals surface area contributed by atoms with Crippen molar-refractivity contribution in [3.63, 3.8) is 0 Å². The Morgan fingerprint density at radius 2 is 1.71 bits per heavy atom. The summed E-state index contributed by atoms with van der Waals surface area (Å²) in [6.07, 6.45) is 0.862. The first-order chi connectivity index (χ1) is 16.7. The highest BCUT2D eigenvalue weighted by Gasteiger charge is 2.16. The molecular formula is C25H25Br2N3O4S. The van der Waals surface area contributed by atoms with Gasteiger partial charge in [-0.3, -0.25) is 25.8 Å². The molecule has 7 nitrogen and oxygen atoms in total. The molecule has 0 fully saturated rings. The minimum Gasteiger partial charge on any atom is -0.493 e. The number of carbonyl (C=O) groups excluding carboxylic acids is 2. The zero-order valence-corrected chi connectivity index (χ0v) is 23.2. The largest absolute Gasteiger partial charge is 0.493 e. The van der Waals surface area contributed by atoms with Gasteiger partial charge in [0, 0.05) is 4.47 Å². The highest BCUT2D eigenvalue weighted by atomic mass is 79.9. The molecule has 0 atom stereocenters. The Hall–Kier alpha value is -2.69. The Labute approximate surface area is 226 Å². The van der Waals surface area contributed by atoms with Crippen LogP contribution in [0.2, 0.25) is 0 Å².